The van der Waals surface area contributed by atoms with Crippen molar-refractivity contribution < 1.29 is 13.5 Å². The van der Waals surface area contributed by atoms with E-state index < -0.39 is 0 Å². The first-order chi connectivity index (χ1) is 15.1. The van der Waals surface area contributed by atoms with Gasteiger partial charge in [-0.25, -0.2) is 14.4 Å². The quantitative estimate of drug-likeness (QED) is 0.391. The first-order valence-electron chi connectivity index (χ1n) is 9.44. The first kappa shape index (κ1) is 19.2. The van der Waals surface area contributed by atoms with Gasteiger partial charge in [0.25, 0.3) is 5.56 Å². The molecule has 0 unspecified atom stereocenters. The summed E-state index contributed by atoms with van der Waals surface area (Å²) in [5.74, 6) is 0.883. The Labute approximate surface area is 180 Å². The fraction of sp³-hybridized carbons (Fsp3) is 0.0870. The Balaban J connectivity index is 1.48. The molecule has 0 saturated carbocycles. The summed E-state index contributed by atoms with van der Waals surface area (Å²) in [6, 6.07) is 13.4. The second kappa shape index (κ2) is 7.81. The summed E-state index contributed by atoms with van der Waals surface area (Å²) in [7, 11) is 1.61. The summed E-state index contributed by atoms with van der Waals surface area (Å²) >= 11 is 1.38. The van der Waals surface area contributed by atoms with Crippen LogP contribution < -0.4 is 10.3 Å². The van der Waals surface area contributed by atoms with Crippen LogP contribution in [-0.2, 0) is 6.54 Å². The van der Waals surface area contributed by atoms with Crippen LogP contribution >= 0.6 is 11.3 Å². The number of ether oxygens (including phenoxy) is 1. The Morgan fingerprint density at radius 1 is 1.10 bits per heavy atom. The van der Waals surface area contributed by atoms with Gasteiger partial charge in [-0.2, -0.15) is 0 Å². The molecule has 0 N–H and O–H groups in total. The highest BCUT2D eigenvalue weighted by Crippen LogP contribution is 2.30. The number of aromatic nitrogens is 3. The summed E-state index contributed by atoms with van der Waals surface area (Å²) in [5.41, 5.74) is 2.75. The van der Waals surface area contributed by atoms with Crippen LogP contribution in [0.3, 0.4) is 0 Å². The molecular weight excluding hydrogens is 417 g/mol. The van der Waals surface area contributed by atoms with Crippen molar-refractivity contribution in [2.45, 2.75) is 6.54 Å². The monoisotopic (exact) mass is 433 g/mol. The second-order valence-electron chi connectivity index (χ2n) is 6.89. The highest BCUT2D eigenvalue weighted by Gasteiger charge is 2.15. The van der Waals surface area contributed by atoms with E-state index in [1.165, 1.54) is 40.6 Å². The lowest BCUT2D eigenvalue weighted by Crippen LogP contribution is -2.21. The molecule has 0 spiro atoms. The molecule has 6 nitrogen and oxygen atoms in total. The second-order valence-corrected chi connectivity index (χ2v) is 7.74. The number of hydrogen-bond donors (Lipinski definition) is 0. The lowest BCUT2D eigenvalue weighted by atomic mass is 10.1. The Hall–Kier alpha value is -3.78. The van der Waals surface area contributed by atoms with Crippen molar-refractivity contribution in [2.24, 2.45) is 0 Å². The van der Waals surface area contributed by atoms with Gasteiger partial charge in [0.2, 0.25) is 5.89 Å². The van der Waals surface area contributed by atoms with Gasteiger partial charge in [0.15, 0.2) is 0 Å². The van der Waals surface area contributed by atoms with Crippen LogP contribution in [0.1, 0.15) is 5.69 Å². The molecule has 0 fully saturated rings. The molecule has 8 heteroatoms. The van der Waals surface area contributed by atoms with Crippen LogP contribution in [0.4, 0.5) is 4.39 Å². The van der Waals surface area contributed by atoms with Crippen molar-refractivity contribution in [1.29, 1.82) is 0 Å². The molecule has 5 aromatic rings. The van der Waals surface area contributed by atoms with Gasteiger partial charge in [-0.15, -0.1) is 11.3 Å². The standard InChI is InChI=1S/C23H16FN3O3S/c1-29-18-8-4-15(5-9-18)21-26-17(11-30-21)10-27-13-25-22-20(23(27)28)19(12-31-22)14-2-6-16(24)7-3-14/h2-9,11-13H,10H2,1H3. The fourth-order valence-electron chi connectivity index (χ4n) is 3.34. The van der Waals surface area contributed by atoms with E-state index in [2.05, 4.69) is 9.97 Å². The summed E-state index contributed by atoms with van der Waals surface area (Å²) in [5, 5.41) is 2.38. The Bertz CT molecular complexity index is 1420. The minimum absolute atomic E-state index is 0.181. The van der Waals surface area contributed by atoms with Crippen LogP contribution in [0.2, 0.25) is 0 Å². The van der Waals surface area contributed by atoms with Crippen molar-refractivity contribution in [3.8, 4) is 28.3 Å². The maximum atomic E-state index is 13.3. The smallest absolute Gasteiger partial charge is 0.263 e. The minimum Gasteiger partial charge on any atom is -0.497 e. The average molecular weight is 433 g/mol. The summed E-state index contributed by atoms with van der Waals surface area (Å²) < 4.78 is 25.5. The summed E-state index contributed by atoms with van der Waals surface area (Å²) in [6.45, 7) is 0.222. The van der Waals surface area contributed by atoms with Crippen LogP contribution in [0.25, 0.3) is 32.8 Å². The van der Waals surface area contributed by atoms with Crippen LogP contribution in [0, 0.1) is 5.82 Å². The molecule has 31 heavy (non-hydrogen) atoms. The molecule has 0 radical (unpaired) electrons. The van der Waals surface area contributed by atoms with E-state index >= 15 is 0 Å². The maximum Gasteiger partial charge on any atom is 0.263 e. The fourth-order valence-corrected chi connectivity index (χ4v) is 4.25. The third-order valence-electron chi connectivity index (χ3n) is 4.94. The molecule has 0 bridgehead atoms. The van der Waals surface area contributed by atoms with E-state index in [-0.39, 0.29) is 17.9 Å². The molecule has 0 aliphatic rings. The van der Waals surface area contributed by atoms with Gasteiger partial charge in [-0.1, -0.05) is 12.1 Å². The number of halogens is 1. The van der Waals surface area contributed by atoms with Gasteiger partial charge in [-0.05, 0) is 42.0 Å². The normalized spacial score (nSPS) is 11.2. The number of benzene rings is 2. The van der Waals surface area contributed by atoms with E-state index in [1.807, 2.05) is 29.6 Å². The zero-order valence-electron chi connectivity index (χ0n) is 16.4. The maximum absolute atomic E-state index is 13.3. The molecule has 0 aliphatic heterocycles. The molecule has 154 valence electrons. The lowest BCUT2D eigenvalue weighted by Gasteiger charge is -2.04. The number of nitrogens with zero attached hydrogens (tertiary/aromatic N) is 3. The Kier molecular flexibility index (Phi) is 4.83. The predicted molar refractivity (Wildman–Crippen MR) is 117 cm³/mol. The molecule has 3 aromatic heterocycles. The SMILES string of the molecule is COc1ccc(-c2nc(Cn3cnc4scc(-c5ccc(F)cc5)c4c3=O)co2)cc1. The molecule has 5 rings (SSSR count). The topological polar surface area (TPSA) is 70.2 Å². The zero-order valence-corrected chi connectivity index (χ0v) is 17.2. The van der Waals surface area contributed by atoms with Crippen molar-refractivity contribution in [2.75, 3.05) is 7.11 Å². The van der Waals surface area contributed by atoms with Gasteiger partial charge in [0, 0.05) is 16.5 Å². The third-order valence-corrected chi connectivity index (χ3v) is 5.82. The van der Waals surface area contributed by atoms with Gasteiger partial charge >= 0.3 is 0 Å². The summed E-state index contributed by atoms with van der Waals surface area (Å²) in [4.78, 5) is 22.7. The van der Waals surface area contributed by atoms with Crippen molar-refractivity contribution in [3.05, 3.63) is 88.4 Å². The first-order valence-corrected chi connectivity index (χ1v) is 10.3. The number of fused-ring (bicyclic) bond motifs is 1. The van der Waals surface area contributed by atoms with Gasteiger partial charge in [0.1, 0.15) is 22.7 Å². The average Bonchev–Trinajstić information content (AvgIpc) is 3.44. The molecule has 0 saturated heterocycles. The van der Waals surface area contributed by atoms with Crippen LogP contribution in [-0.4, -0.2) is 21.6 Å². The minimum atomic E-state index is -0.322. The highest BCUT2D eigenvalue weighted by atomic mass is 32.1. The van der Waals surface area contributed by atoms with Gasteiger partial charge in [-0.3, -0.25) is 9.36 Å². The van der Waals surface area contributed by atoms with Gasteiger partial charge < -0.3 is 9.15 Å². The van der Waals surface area contributed by atoms with E-state index in [0.29, 0.717) is 21.8 Å². The van der Waals surface area contributed by atoms with E-state index in [1.54, 1.807) is 19.2 Å². The summed E-state index contributed by atoms with van der Waals surface area (Å²) in [6.07, 6.45) is 3.04. The van der Waals surface area contributed by atoms with Crippen LogP contribution in [0.5, 0.6) is 5.75 Å². The third kappa shape index (κ3) is 3.62. The zero-order chi connectivity index (χ0) is 21.4. The van der Waals surface area contributed by atoms with Crippen molar-refractivity contribution in [3.63, 3.8) is 0 Å². The van der Waals surface area contributed by atoms with Crippen molar-refractivity contribution in [1.82, 2.24) is 14.5 Å². The lowest BCUT2D eigenvalue weighted by molar-refractivity contribution is 0.415. The number of rotatable bonds is 5. The number of hydrogen-bond acceptors (Lipinski definition) is 6. The molecule has 0 atom stereocenters. The molecular formula is C23H16FN3O3S. The Morgan fingerprint density at radius 3 is 2.58 bits per heavy atom. The molecule has 3 heterocycles. The van der Waals surface area contributed by atoms with Crippen molar-refractivity contribution >= 4 is 21.6 Å². The van der Waals surface area contributed by atoms with Gasteiger partial charge in [0.05, 0.1) is 31.1 Å². The van der Waals surface area contributed by atoms with E-state index in [0.717, 1.165) is 22.4 Å². The number of methoxy groups -OCH3 is 1. The predicted octanol–water partition coefficient (Wildman–Crippen LogP) is 4.98. The number of thiophene rings is 1. The number of oxazole rings is 1. The highest BCUT2D eigenvalue weighted by molar-refractivity contribution is 7.17. The molecule has 2 aromatic carbocycles. The van der Waals surface area contributed by atoms with E-state index in [4.69, 9.17) is 9.15 Å². The molecule has 0 aliphatic carbocycles. The molecule has 0 amide bonds. The largest absolute Gasteiger partial charge is 0.497 e. The van der Waals surface area contributed by atoms with Crippen LogP contribution in [0.15, 0.2) is 75.7 Å². The Morgan fingerprint density at radius 2 is 1.84 bits per heavy atom. The van der Waals surface area contributed by atoms with E-state index in [9.17, 15) is 9.18 Å².